The van der Waals surface area contributed by atoms with E-state index in [-0.39, 0.29) is 0 Å². The molecule has 0 radical (unpaired) electrons. The zero-order valence-corrected chi connectivity index (χ0v) is 12.1. The van der Waals surface area contributed by atoms with Crippen molar-refractivity contribution >= 4 is 34.1 Å². The summed E-state index contributed by atoms with van der Waals surface area (Å²) >= 11 is 3.37. The van der Waals surface area contributed by atoms with Crippen molar-refractivity contribution in [1.82, 2.24) is 14.3 Å². The van der Waals surface area contributed by atoms with Crippen LogP contribution >= 0.6 is 34.1 Å². The van der Waals surface area contributed by atoms with Gasteiger partial charge in [-0.25, -0.2) is 4.98 Å². The lowest BCUT2D eigenvalue weighted by molar-refractivity contribution is 0.200. The van der Waals surface area contributed by atoms with Gasteiger partial charge < -0.3 is 9.47 Å². The maximum atomic E-state index is 5.53. The van der Waals surface area contributed by atoms with Gasteiger partial charge in [0, 0.05) is 25.1 Å². The van der Waals surface area contributed by atoms with Crippen molar-refractivity contribution in [2.24, 2.45) is 0 Å². The second-order valence-electron chi connectivity index (χ2n) is 3.14. The van der Waals surface area contributed by atoms with E-state index in [0.29, 0.717) is 24.0 Å². The molecule has 17 heavy (non-hydrogen) atoms. The van der Waals surface area contributed by atoms with Gasteiger partial charge in [0.25, 0.3) is 5.19 Å². The Bertz CT molecular complexity index is 475. The van der Waals surface area contributed by atoms with Crippen molar-refractivity contribution in [3.05, 3.63) is 27.9 Å². The molecule has 0 fully saturated rings. The molecular formula is C10H10IN3O2S. The fraction of sp³-hybridized carbons (Fsp3) is 0.300. The predicted octanol–water partition coefficient (Wildman–Crippen LogP) is 2.52. The molecule has 2 aromatic heterocycles. The molecule has 0 unspecified atom stereocenters. The van der Waals surface area contributed by atoms with Crippen LogP contribution in [0.2, 0.25) is 0 Å². The number of ether oxygens (including phenoxy) is 2. The molecule has 7 heteroatoms. The molecule has 0 aliphatic carbocycles. The van der Waals surface area contributed by atoms with E-state index in [0.717, 1.165) is 9.53 Å². The summed E-state index contributed by atoms with van der Waals surface area (Å²) in [6.07, 6.45) is 2.36. The smallest absolute Gasteiger partial charge is 0.298 e. The molecule has 0 saturated carbocycles. The minimum atomic E-state index is 0.527. The molecule has 0 bridgehead atoms. The van der Waals surface area contributed by atoms with Crippen molar-refractivity contribution < 1.29 is 9.47 Å². The zero-order valence-electron chi connectivity index (χ0n) is 9.09. The van der Waals surface area contributed by atoms with E-state index in [1.165, 1.54) is 11.5 Å². The van der Waals surface area contributed by atoms with Crippen LogP contribution < -0.4 is 4.74 Å². The first-order valence-corrected chi connectivity index (χ1v) is 6.74. The van der Waals surface area contributed by atoms with Crippen LogP contribution in [0.1, 0.15) is 5.82 Å². The molecule has 0 amide bonds. The summed E-state index contributed by atoms with van der Waals surface area (Å²) in [5, 5.41) is 0.527. The van der Waals surface area contributed by atoms with E-state index in [1.54, 1.807) is 13.3 Å². The number of halogens is 1. The molecule has 0 atom stereocenters. The highest BCUT2D eigenvalue weighted by Crippen LogP contribution is 2.22. The fourth-order valence-corrected chi connectivity index (χ4v) is 2.01. The summed E-state index contributed by atoms with van der Waals surface area (Å²) < 4.78 is 15.6. The second kappa shape index (κ2) is 6.22. The number of pyridine rings is 1. The van der Waals surface area contributed by atoms with E-state index < -0.39 is 0 Å². The molecule has 2 aromatic rings. The molecule has 2 rings (SSSR count). The van der Waals surface area contributed by atoms with Crippen molar-refractivity contribution in [3.63, 3.8) is 0 Å². The van der Waals surface area contributed by atoms with Gasteiger partial charge in [-0.05, 0) is 34.7 Å². The number of aromatic nitrogens is 3. The van der Waals surface area contributed by atoms with Crippen LogP contribution in [0, 0.1) is 3.70 Å². The van der Waals surface area contributed by atoms with E-state index in [1.807, 2.05) is 12.1 Å². The predicted molar refractivity (Wildman–Crippen MR) is 72.5 cm³/mol. The second-order valence-corrected chi connectivity index (χ2v) is 4.96. The zero-order chi connectivity index (χ0) is 12.1. The van der Waals surface area contributed by atoms with Gasteiger partial charge >= 0.3 is 0 Å². The molecule has 0 aliphatic rings. The molecule has 0 N–H and O–H groups in total. The van der Waals surface area contributed by atoms with Crippen molar-refractivity contribution in [3.8, 4) is 10.9 Å². The fourth-order valence-electron chi connectivity index (χ4n) is 1.10. The summed E-state index contributed by atoms with van der Waals surface area (Å²) in [6, 6.07) is 3.73. The molecule has 0 aromatic carbocycles. The molecular weight excluding hydrogens is 353 g/mol. The van der Waals surface area contributed by atoms with Gasteiger partial charge in [-0.1, -0.05) is 0 Å². The lowest BCUT2D eigenvalue weighted by Crippen LogP contribution is -1.96. The molecule has 0 saturated heterocycles. The van der Waals surface area contributed by atoms with Gasteiger partial charge in [0.15, 0.2) is 0 Å². The van der Waals surface area contributed by atoms with E-state index in [4.69, 9.17) is 9.47 Å². The van der Waals surface area contributed by atoms with Crippen LogP contribution in [-0.4, -0.2) is 28.1 Å². The lowest BCUT2D eigenvalue weighted by Gasteiger charge is -1.99. The Balaban J connectivity index is 1.98. The molecule has 5 nitrogen and oxygen atoms in total. The van der Waals surface area contributed by atoms with Gasteiger partial charge in [-0.3, -0.25) is 0 Å². The standard InChI is InChI=1S/C10H10IN3O2S/c1-15-5-4-9-13-10(17-14-9)16-7-2-3-8(11)12-6-7/h2-3,6H,4-5H2,1H3. The highest BCUT2D eigenvalue weighted by Gasteiger charge is 2.06. The Morgan fingerprint density at radius 1 is 1.41 bits per heavy atom. The minimum absolute atomic E-state index is 0.527. The highest BCUT2D eigenvalue weighted by molar-refractivity contribution is 14.1. The molecule has 0 aliphatic heterocycles. The summed E-state index contributed by atoms with van der Waals surface area (Å²) in [4.78, 5) is 8.37. The molecule has 0 spiro atoms. The van der Waals surface area contributed by atoms with Crippen LogP contribution in [-0.2, 0) is 11.2 Å². The number of rotatable bonds is 5. The monoisotopic (exact) mass is 363 g/mol. The maximum Gasteiger partial charge on any atom is 0.298 e. The molecule has 90 valence electrons. The number of nitrogens with zero attached hydrogens (tertiary/aromatic N) is 3. The van der Waals surface area contributed by atoms with Crippen LogP contribution in [0.25, 0.3) is 0 Å². The minimum Gasteiger partial charge on any atom is -0.428 e. The summed E-state index contributed by atoms with van der Waals surface area (Å²) in [5.74, 6) is 1.41. The highest BCUT2D eigenvalue weighted by atomic mass is 127. The average Bonchev–Trinajstić information content (AvgIpc) is 2.77. The van der Waals surface area contributed by atoms with Gasteiger partial charge in [0.05, 0.1) is 12.8 Å². The van der Waals surface area contributed by atoms with Gasteiger partial charge in [-0.2, -0.15) is 9.36 Å². The number of methoxy groups -OCH3 is 1. The topological polar surface area (TPSA) is 57.1 Å². The third-order valence-electron chi connectivity index (χ3n) is 1.88. The van der Waals surface area contributed by atoms with Gasteiger partial charge in [0.1, 0.15) is 15.3 Å². The largest absolute Gasteiger partial charge is 0.428 e. The maximum absolute atomic E-state index is 5.53. The Morgan fingerprint density at radius 3 is 3.00 bits per heavy atom. The Morgan fingerprint density at radius 2 is 2.29 bits per heavy atom. The van der Waals surface area contributed by atoms with Gasteiger partial charge in [-0.15, -0.1) is 0 Å². The Labute approximate surface area is 117 Å². The van der Waals surface area contributed by atoms with Crippen LogP contribution in [0.3, 0.4) is 0 Å². The van der Waals surface area contributed by atoms with Crippen LogP contribution in [0.4, 0.5) is 0 Å². The third kappa shape index (κ3) is 3.86. The first kappa shape index (κ1) is 12.7. The first-order valence-electron chi connectivity index (χ1n) is 4.89. The van der Waals surface area contributed by atoms with Crippen molar-refractivity contribution in [2.75, 3.05) is 13.7 Å². The van der Waals surface area contributed by atoms with E-state index >= 15 is 0 Å². The van der Waals surface area contributed by atoms with Crippen molar-refractivity contribution in [2.45, 2.75) is 6.42 Å². The Hall–Kier alpha value is -0.800. The number of hydrogen-bond acceptors (Lipinski definition) is 6. The SMILES string of the molecule is COCCc1nsc(Oc2ccc(I)nc2)n1. The lowest BCUT2D eigenvalue weighted by atomic mass is 10.4. The van der Waals surface area contributed by atoms with E-state index in [9.17, 15) is 0 Å². The average molecular weight is 363 g/mol. The summed E-state index contributed by atoms with van der Waals surface area (Å²) in [7, 11) is 1.65. The summed E-state index contributed by atoms with van der Waals surface area (Å²) in [5.41, 5.74) is 0. The summed E-state index contributed by atoms with van der Waals surface area (Å²) in [6.45, 7) is 0.612. The van der Waals surface area contributed by atoms with Gasteiger partial charge in [0.2, 0.25) is 0 Å². The van der Waals surface area contributed by atoms with E-state index in [2.05, 4.69) is 36.9 Å². The Kier molecular flexibility index (Phi) is 4.63. The molecule has 2 heterocycles. The van der Waals surface area contributed by atoms with Crippen LogP contribution in [0.5, 0.6) is 10.9 Å². The quantitative estimate of drug-likeness (QED) is 0.604. The third-order valence-corrected chi connectivity index (χ3v) is 3.16. The van der Waals surface area contributed by atoms with Crippen molar-refractivity contribution in [1.29, 1.82) is 0 Å². The first-order chi connectivity index (χ1) is 8.28. The number of hydrogen-bond donors (Lipinski definition) is 0. The normalized spacial score (nSPS) is 10.5. The van der Waals surface area contributed by atoms with Crippen LogP contribution in [0.15, 0.2) is 18.3 Å².